The van der Waals surface area contributed by atoms with Crippen molar-refractivity contribution in [2.75, 3.05) is 0 Å². The average molecular weight is 251 g/mol. The van der Waals surface area contributed by atoms with Crippen LogP contribution in [-0.2, 0) is 4.79 Å². The third kappa shape index (κ3) is 3.32. The van der Waals surface area contributed by atoms with Crippen molar-refractivity contribution >= 4 is 49.4 Å². The molecule has 0 saturated heterocycles. The van der Waals surface area contributed by atoms with Gasteiger partial charge in [0.05, 0.1) is 5.97 Å². The van der Waals surface area contributed by atoms with Crippen molar-refractivity contribution in [3.63, 3.8) is 0 Å². The van der Waals surface area contributed by atoms with Gasteiger partial charge in [-0.3, -0.25) is 0 Å². The first-order valence-corrected chi connectivity index (χ1v) is 3.19. The van der Waals surface area contributed by atoms with Gasteiger partial charge in [-0.1, -0.05) is 11.6 Å². The summed E-state index contributed by atoms with van der Waals surface area (Å²) in [5.74, 6) is -1.41. The molecule has 0 bridgehead atoms. The third-order valence-corrected chi connectivity index (χ3v) is 1.03. The summed E-state index contributed by atoms with van der Waals surface area (Å²) in [5, 5.41) is 9.68. The Balaban J connectivity index is 3.79. The molecule has 0 fully saturated rings. The van der Waals surface area contributed by atoms with Crippen molar-refractivity contribution in [1.82, 2.24) is 0 Å². The molecular formula is C2Br2ClO2-. The monoisotopic (exact) mass is 249 g/mol. The number of carboxylic acid groups (broad SMARTS) is 1. The highest BCUT2D eigenvalue weighted by atomic mass is 79.9. The summed E-state index contributed by atoms with van der Waals surface area (Å²) in [7, 11) is 0. The maximum Gasteiger partial charge on any atom is 0.192 e. The number of carbonyl (C=O) groups is 1. The summed E-state index contributed by atoms with van der Waals surface area (Å²) >= 11 is 10.2. The molecule has 5 heteroatoms. The van der Waals surface area contributed by atoms with E-state index in [9.17, 15) is 9.90 Å². The molecule has 7 heavy (non-hydrogen) atoms. The molecule has 0 heterocycles. The maximum absolute atomic E-state index is 9.68. The lowest BCUT2D eigenvalue weighted by Gasteiger charge is -2.10. The summed E-state index contributed by atoms with van der Waals surface area (Å²) in [6, 6.07) is 0. The van der Waals surface area contributed by atoms with Gasteiger partial charge in [-0.2, -0.15) is 0 Å². The topological polar surface area (TPSA) is 40.1 Å². The summed E-state index contributed by atoms with van der Waals surface area (Å²) in [6.07, 6.45) is 0. The fraction of sp³-hybridized carbons (Fsp3) is 0.500. The van der Waals surface area contributed by atoms with Gasteiger partial charge in [0, 0.05) is 0 Å². The molecule has 0 rings (SSSR count). The predicted octanol–water partition coefficient (Wildman–Crippen LogP) is 0.419. The van der Waals surface area contributed by atoms with Crippen molar-refractivity contribution in [1.29, 1.82) is 0 Å². The molecule has 0 atom stereocenters. The number of rotatable bonds is 1. The van der Waals surface area contributed by atoms with E-state index in [0.29, 0.717) is 0 Å². The third-order valence-electron chi connectivity index (χ3n) is 0.231. The Hall–Kier alpha value is 0.720. The van der Waals surface area contributed by atoms with E-state index in [1.807, 2.05) is 0 Å². The van der Waals surface area contributed by atoms with Crippen LogP contribution in [0, 0.1) is 0 Å². The smallest absolute Gasteiger partial charge is 0.192 e. The van der Waals surface area contributed by atoms with E-state index in [0.717, 1.165) is 0 Å². The Morgan fingerprint density at radius 1 is 1.71 bits per heavy atom. The van der Waals surface area contributed by atoms with E-state index < -0.39 is 8.66 Å². The van der Waals surface area contributed by atoms with Crippen LogP contribution in [0.3, 0.4) is 0 Å². The molecule has 0 N–H and O–H groups in total. The molecule has 0 saturated carbocycles. The van der Waals surface area contributed by atoms with Crippen molar-refractivity contribution in [3.05, 3.63) is 0 Å². The fourth-order valence-electron chi connectivity index (χ4n) is 0. The van der Waals surface area contributed by atoms with Crippen LogP contribution in [0.15, 0.2) is 0 Å². The number of alkyl halides is 3. The molecule has 0 aliphatic carbocycles. The molecular weight excluding hydrogens is 251 g/mol. The minimum absolute atomic E-state index is 1.41. The average Bonchev–Trinajstić information content (AvgIpc) is 1.31. The largest absolute Gasteiger partial charge is 0.546 e. The Morgan fingerprint density at radius 3 is 1.86 bits per heavy atom. The molecule has 0 radical (unpaired) electrons. The Morgan fingerprint density at radius 2 is 1.86 bits per heavy atom. The minimum Gasteiger partial charge on any atom is -0.546 e. The minimum atomic E-state index is -1.60. The van der Waals surface area contributed by atoms with Crippen molar-refractivity contribution in [2.45, 2.75) is 2.69 Å². The summed E-state index contributed by atoms with van der Waals surface area (Å²) in [5.41, 5.74) is 0. The summed E-state index contributed by atoms with van der Waals surface area (Å²) in [4.78, 5) is 9.68. The first-order chi connectivity index (χ1) is 2.94. The van der Waals surface area contributed by atoms with Crippen LogP contribution in [0.4, 0.5) is 0 Å². The van der Waals surface area contributed by atoms with E-state index in [-0.39, 0.29) is 0 Å². The van der Waals surface area contributed by atoms with E-state index >= 15 is 0 Å². The van der Waals surface area contributed by atoms with Gasteiger partial charge in [0.15, 0.2) is 2.69 Å². The molecule has 0 aliphatic heterocycles. The Labute approximate surface area is 62.1 Å². The fourth-order valence-corrected chi connectivity index (χ4v) is 0. The van der Waals surface area contributed by atoms with Gasteiger partial charge in [-0.05, 0) is 31.9 Å². The zero-order valence-electron chi connectivity index (χ0n) is 2.95. The number of carboxylic acids is 1. The van der Waals surface area contributed by atoms with Gasteiger partial charge in [-0.25, -0.2) is 0 Å². The van der Waals surface area contributed by atoms with E-state index in [1.54, 1.807) is 0 Å². The van der Waals surface area contributed by atoms with Crippen LogP contribution in [0.1, 0.15) is 0 Å². The van der Waals surface area contributed by atoms with Gasteiger partial charge < -0.3 is 9.90 Å². The number of hydrogen-bond acceptors (Lipinski definition) is 2. The lowest BCUT2D eigenvalue weighted by Crippen LogP contribution is -2.34. The lowest BCUT2D eigenvalue weighted by atomic mass is 10.8. The van der Waals surface area contributed by atoms with Gasteiger partial charge in [0.25, 0.3) is 0 Å². The van der Waals surface area contributed by atoms with Gasteiger partial charge >= 0.3 is 0 Å². The van der Waals surface area contributed by atoms with E-state index in [2.05, 4.69) is 31.9 Å². The molecule has 0 unspecified atom stereocenters. The number of aliphatic carboxylic acids is 1. The number of carbonyl (C=O) groups excluding carboxylic acids is 1. The van der Waals surface area contributed by atoms with Crippen molar-refractivity contribution in [2.24, 2.45) is 0 Å². The Kier molecular flexibility index (Phi) is 2.57. The van der Waals surface area contributed by atoms with E-state index in [4.69, 9.17) is 11.6 Å². The Bertz CT molecular complexity index is 86.2. The first kappa shape index (κ1) is 7.72. The summed E-state index contributed by atoms with van der Waals surface area (Å²) < 4.78 is -1.60. The van der Waals surface area contributed by atoms with Crippen LogP contribution in [0.25, 0.3) is 0 Å². The second kappa shape index (κ2) is 2.33. The molecule has 2 nitrogen and oxygen atoms in total. The molecule has 0 aromatic rings. The first-order valence-electron chi connectivity index (χ1n) is 1.23. The highest BCUT2D eigenvalue weighted by Crippen LogP contribution is 2.29. The van der Waals surface area contributed by atoms with Gasteiger partial charge in [-0.15, -0.1) is 0 Å². The highest BCUT2D eigenvalue weighted by Gasteiger charge is 2.18. The molecule has 0 aliphatic rings. The second-order valence-corrected chi connectivity index (χ2v) is 5.71. The van der Waals surface area contributed by atoms with Crippen LogP contribution < -0.4 is 5.11 Å². The van der Waals surface area contributed by atoms with Crippen LogP contribution >= 0.6 is 43.5 Å². The van der Waals surface area contributed by atoms with Gasteiger partial charge in [0.2, 0.25) is 0 Å². The molecule has 0 aromatic heterocycles. The van der Waals surface area contributed by atoms with Crippen LogP contribution in [0.5, 0.6) is 0 Å². The van der Waals surface area contributed by atoms with Gasteiger partial charge in [0.1, 0.15) is 0 Å². The SMILES string of the molecule is O=C([O-])C(Cl)(Br)Br. The number of hydrogen-bond donors (Lipinski definition) is 0. The second-order valence-electron chi connectivity index (χ2n) is 0.785. The highest BCUT2D eigenvalue weighted by molar-refractivity contribution is 9.26. The summed E-state index contributed by atoms with van der Waals surface area (Å²) in [6.45, 7) is 0. The lowest BCUT2D eigenvalue weighted by molar-refractivity contribution is -0.303. The zero-order chi connectivity index (χ0) is 6.08. The number of halogens is 3. The van der Waals surface area contributed by atoms with Crippen molar-refractivity contribution in [3.8, 4) is 0 Å². The van der Waals surface area contributed by atoms with Crippen LogP contribution in [0.2, 0.25) is 0 Å². The maximum atomic E-state index is 9.68. The molecule has 0 aromatic carbocycles. The van der Waals surface area contributed by atoms with Crippen LogP contribution in [-0.4, -0.2) is 8.66 Å². The van der Waals surface area contributed by atoms with Crippen molar-refractivity contribution < 1.29 is 9.90 Å². The quantitative estimate of drug-likeness (QED) is 0.634. The zero-order valence-corrected chi connectivity index (χ0v) is 6.88. The molecule has 0 spiro atoms. The molecule has 0 amide bonds. The normalized spacial score (nSPS) is 11.3. The molecule has 42 valence electrons. The standard InChI is InChI=1S/C2HBr2ClO2/c3-2(4,5)1(6)7/h(H,6,7)/p-1. The predicted molar refractivity (Wildman–Crippen MR) is 31.4 cm³/mol. The van der Waals surface area contributed by atoms with E-state index in [1.165, 1.54) is 0 Å².